The molecule has 21 heavy (non-hydrogen) atoms. The van der Waals surface area contributed by atoms with Crippen LogP contribution >= 0.6 is 0 Å². The monoisotopic (exact) mass is 323 g/mol. The molecule has 0 aliphatic rings. The molecule has 1 amide bonds. The summed E-state index contributed by atoms with van der Waals surface area (Å²) in [5.74, 6) is -1.03. The van der Waals surface area contributed by atoms with E-state index in [9.17, 15) is 26.4 Å². The molecule has 0 bridgehead atoms. The zero-order valence-corrected chi connectivity index (χ0v) is 11.2. The number of pyridine rings is 1. The molecule has 0 radical (unpaired) electrons. The number of halogens is 3. The lowest BCUT2D eigenvalue weighted by molar-refractivity contribution is -0.0500. The van der Waals surface area contributed by atoms with E-state index in [1.807, 2.05) is 0 Å². The third-order valence-electron chi connectivity index (χ3n) is 2.38. The molecule has 114 valence electrons. The van der Waals surface area contributed by atoms with Gasteiger partial charge in [0.15, 0.2) is 5.69 Å². The van der Waals surface area contributed by atoms with E-state index in [0.29, 0.717) is 0 Å². The topological polar surface area (TPSA) is 89.8 Å². The van der Waals surface area contributed by atoms with E-state index in [4.69, 9.17) is 0 Å². The van der Waals surface area contributed by atoms with Crippen LogP contribution in [0.3, 0.4) is 0 Å². The molecule has 7 nitrogen and oxygen atoms in total. The van der Waals surface area contributed by atoms with Crippen molar-refractivity contribution in [3.05, 3.63) is 30.1 Å². The van der Waals surface area contributed by atoms with Crippen molar-refractivity contribution in [3.63, 3.8) is 0 Å². The molecule has 2 rings (SSSR count). The lowest BCUT2D eigenvalue weighted by atomic mass is 10.3. The molecule has 0 aromatic carbocycles. The summed E-state index contributed by atoms with van der Waals surface area (Å²) in [5, 5.41) is 6.17. The minimum atomic E-state index is -5.74. The Hall–Kier alpha value is -2.30. The van der Waals surface area contributed by atoms with Gasteiger partial charge < -0.3 is 9.50 Å². The molecule has 2 aromatic rings. The molecule has 2 aromatic heterocycles. The second-order valence-corrected chi connectivity index (χ2v) is 5.36. The number of nitrogens with one attached hydrogen (secondary N) is 1. The van der Waals surface area contributed by atoms with Crippen LogP contribution in [0.5, 0.6) is 5.75 Å². The number of amides is 1. The van der Waals surface area contributed by atoms with Crippen LogP contribution in [-0.2, 0) is 10.1 Å². The van der Waals surface area contributed by atoms with Crippen LogP contribution in [0, 0.1) is 0 Å². The zero-order valence-electron chi connectivity index (χ0n) is 10.4. The smallest absolute Gasteiger partial charge is 0.376 e. The predicted octanol–water partition coefficient (Wildman–Crippen LogP) is 0.922. The van der Waals surface area contributed by atoms with Gasteiger partial charge in [-0.25, -0.2) is 4.52 Å². The number of hydrogen-bond donors (Lipinski definition) is 1. The van der Waals surface area contributed by atoms with Crippen LogP contribution in [0.15, 0.2) is 24.4 Å². The van der Waals surface area contributed by atoms with Crippen molar-refractivity contribution in [2.24, 2.45) is 0 Å². The van der Waals surface area contributed by atoms with Crippen molar-refractivity contribution in [1.29, 1.82) is 0 Å². The normalized spacial score (nSPS) is 12.4. The quantitative estimate of drug-likeness (QED) is 0.670. The lowest BCUT2D eigenvalue weighted by Crippen LogP contribution is -2.28. The number of carbonyl (C=O) groups excluding carboxylic acids is 1. The second-order valence-electron chi connectivity index (χ2n) is 3.82. The van der Waals surface area contributed by atoms with Gasteiger partial charge in [0.1, 0.15) is 5.75 Å². The van der Waals surface area contributed by atoms with E-state index in [-0.39, 0.29) is 11.2 Å². The molecule has 1 N–H and O–H groups in total. The maximum Gasteiger partial charge on any atom is 0.534 e. The van der Waals surface area contributed by atoms with Crippen molar-refractivity contribution >= 4 is 21.5 Å². The van der Waals surface area contributed by atoms with Crippen molar-refractivity contribution < 1.29 is 30.6 Å². The van der Waals surface area contributed by atoms with Crippen LogP contribution in [0.25, 0.3) is 5.52 Å². The molecule has 0 aliphatic carbocycles. The van der Waals surface area contributed by atoms with Gasteiger partial charge in [-0.1, -0.05) is 0 Å². The summed E-state index contributed by atoms with van der Waals surface area (Å²) in [7, 11) is -4.36. The zero-order chi connectivity index (χ0) is 15.8. The fourth-order valence-corrected chi connectivity index (χ4v) is 1.89. The van der Waals surface area contributed by atoms with Crippen molar-refractivity contribution in [2.45, 2.75) is 5.51 Å². The Morgan fingerprint density at radius 3 is 2.62 bits per heavy atom. The number of nitrogens with zero attached hydrogens (tertiary/aromatic N) is 2. The van der Waals surface area contributed by atoms with Crippen molar-refractivity contribution in [1.82, 2.24) is 14.9 Å². The third kappa shape index (κ3) is 2.91. The minimum Gasteiger partial charge on any atom is -0.376 e. The Balaban J connectivity index is 2.38. The Morgan fingerprint density at radius 2 is 2.05 bits per heavy atom. The standard InChI is InChI=1S/C10H8F3N3O4S/c1-14-9(17)8-5-6-4-7(2-3-16(6)15-8)20-21(18,19)10(11,12)13/h2-5H,1H3,(H,14,17). The molecular weight excluding hydrogens is 315 g/mol. The highest BCUT2D eigenvalue weighted by atomic mass is 32.2. The average molecular weight is 323 g/mol. The molecule has 0 aliphatic heterocycles. The first-order valence-corrected chi connectivity index (χ1v) is 6.77. The summed E-state index contributed by atoms with van der Waals surface area (Å²) in [6.45, 7) is 0. The maximum atomic E-state index is 12.2. The lowest BCUT2D eigenvalue weighted by Gasteiger charge is -2.09. The van der Waals surface area contributed by atoms with Crippen LogP contribution in [-0.4, -0.2) is 36.5 Å². The Kier molecular flexibility index (Phi) is 3.53. The molecule has 0 unspecified atom stereocenters. The molecule has 0 spiro atoms. The molecule has 11 heteroatoms. The number of hydrogen-bond acceptors (Lipinski definition) is 5. The summed E-state index contributed by atoms with van der Waals surface area (Å²) in [4.78, 5) is 11.4. The van der Waals surface area contributed by atoms with Gasteiger partial charge >= 0.3 is 15.6 Å². The first-order valence-electron chi connectivity index (χ1n) is 5.36. The van der Waals surface area contributed by atoms with Gasteiger partial charge in [0.25, 0.3) is 5.91 Å². The van der Waals surface area contributed by atoms with Gasteiger partial charge in [0.2, 0.25) is 0 Å². The van der Waals surface area contributed by atoms with Crippen LogP contribution in [0.2, 0.25) is 0 Å². The highest BCUT2D eigenvalue weighted by Gasteiger charge is 2.48. The van der Waals surface area contributed by atoms with Crippen LogP contribution in [0.1, 0.15) is 10.5 Å². The molecule has 2 heterocycles. The highest BCUT2D eigenvalue weighted by Crippen LogP contribution is 2.27. The average Bonchev–Trinajstić information content (AvgIpc) is 2.79. The highest BCUT2D eigenvalue weighted by molar-refractivity contribution is 7.88. The predicted molar refractivity (Wildman–Crippen MR) is 64.2 cm³/mol. The molecule has 0 atom stereocenters. The Labute approximate surface area is 116 Å². The van der Waals surface area contributed by atoms with Crippen LogP contribution in [0.4, 0.5) is 13.2 Å². The number of fused-ring (bicyclic) bond motifs is 1. The van der Waals surface area contributed by atoms with Gasteiger partial charge in [0, 0.05) is 25.4 Å². The van der Waals surface area contributed by atoms with E-state index in [1.165, 1.54) is 23.8 Å². The van der Waals surface area contributed by atoms with Crippen molar-refractivity contribution in [2.75, 3.05) is 7.05 Å². The second kappa shape index (κ2) is 4.91. The first-order chi connectivity index (χ1) is 9.64. The van der Waals surface area contributed by atoms with Gasteiger partial charge in [-0.2, -0.15) is 26.7 Å². The van der Waals surface area contributed by atoms with Crippen molar-refractivity contribution in [3.8, 4) is 5.75 Å². The summed E-state index contributed by atoms with van der Waals surface area (Å²) in [6.07, 6.45) is 1.17. The number of rotatable bonds is 3. The van der Waals surface area contributed by atoms with E-state index in [0.717, 1.165) is 12.1 Å². The summed E-state index contributed by atoms with van der Waals surface area (Å²) < 4.78 is 63.6. The third-order valence-corrected chi connectivity index (χ3v) is 3.36. The summed E-state index contributed by atoms with van der Waals surface area (Å²) in [5.41, 5.74) is -5.30. The summed E-state index contributed by atoms with van der Waals surface area (Å²) >= 11 is 0. The fraction of sp³-hybridized carbons (Fsp3) is 0.200. The molecule has 0 saturated heterocycles. The SMILES string of the molecule is CNC(=O)c1cc2cc(OS(=O)(=O)C(F)(F)F)ccn2n1. The number of aromatic nitrogens is 2. The van der Waals surface area contributed by atoms with E-state index in [1.54, 1.807) is 0 Å². The van der Waals surface area contributed by atoms with Gasteiger partial charge in [-0.15, -0.1) is 0 Å². The van der Waals surface area contributed by atoms with E-state index >= 15 is 0 Å². The summed E-state index contributed by atoms with van der Waals surface area (Å²) in [6, 6.07) is 3.27. The molecular formula is C10H8F3N3O4S. The largest absolute Gasteiger partial charge is 0.534 e. The van der Waals surface area contributed by atoms with Gasteiger partial charge in [-0.05, 0) is 6.07 Å². The molecule has 0 fully saturated rings. The van der Waals surface area contributed by atoms with Gasteiger partial charge in [-0.3, -0.25) is 4.79 Å². The van der Waals surface area contributed by atoms with E-state index in [2.05, 4.69) is 14.6 Å². The molecule has 0 saturated carbocycles. The Bertz CT molecular complexity index is 797. The number of carbonyl (C=O) groups is 1. The van der Waals surface area contributed by atoms with Gasteiger partial charge in [0.05, 0.1) is 5.52 Å². The minimum absolute atomic E-state index is 0.0216. The van der Waals surface area contributed by atoms with Crippen LogP contribution < -0.4 is 9.50 Å². The maximum absolute atomic E-state index is 12.2. The first kappa shape index (κ1) is 15.1. The fourth-order valence-electron chi connectivity index (χ4n) is 1.44. The Morgan fingerprint density at radius 1 is 1.38 bits per heavy atom. The van der Waals surface area contributed by atoms with E-state index < -0.39 is 27.3 Å². The number of alkyl halides is 3.